The number of aromatic nitrogens is 2. The van der Waals surface area contributed by atoms with Gasteiger partial charge < -0.3 is 10.3 Å². The molecule has 4 nitrogen and oxygen atoms in total. The number of hydrogen-bond donors (Lipinski definition) is 1. The Morgan fingerprint density at radius 2 is 1.61 bits per heavy atom. The van der Waals surface area contributed by atoms with Crippen LogP contribution < -0.4 is 5.73 Å². The number of rotatable bonds is 2. The van der Waals surface area contributed by atoms with E-state index >= 15 is 0 Å². The number of nitrogens with zero attached hydrogens (tertiary/aromatic N) is 2. The van der Waals surface area contributed by atoms with Crippen molar-refractivity contribution in [2.45, 2.75) is 0 Å². The molecule has 0 aliphatic heterocycles. The summed E-state index contributed by atoms with van der Waals surface area (Å²) in [5, 5.41) is 4.03. The molecule has 2 N–H and O–H groups in total. The van der Waals surface area contributed by atoms with Gasteiger partial charge in [-0.25, -0.2) is 0 Å². The predicted molar refractivity (Wildman–Crippen MR) is 69.6 cm³/mol. The van der Waals surface area contributed by atoms with Gasteiger partial charge in [0.25, 0.3) is 0 Å². The van der Waals surface area contributed by atoms with Gasteiger partial charge in [-0.05, 0) is 17.7 Å². The first kappa shape index (κ1) is 10.5. The topological polar surface area (TPSA) is 64.9 Å². The van der Waals surface area contributed by atoms with Crippen LogP contribution in [0.3, 0.4) is 0 Å². The Morgan fingerprint density at radius 1 is 0.889 bits per heavy atom. The molecular weight excluding hydrogens is 226 g/mol. The van der Waals surface area contributed by atoms with Crippen molar-refractivity contribution < 1.29 is 4.52 Å². The van der Waals surface area contributed by atoms with Crippen molar-refractivity contribution in [1.29, 1.82) is 0 Å². The summed E-state index contributed by atoms with van der Waals surface area (Å²) in [6.07, 6.45) is 3.43. The molecule has 0 saturated heterocycles. The van der Waals surface area contributed by atoms with Crippen LogP contribution in [0.25, 0.3) is 22.4 Å². The molecule has 0 unspecified atom stereocenters. The van der Waals surface area contributed by atoms with E-state index in [-0.39, 0.29) is 0 Å². The van der Waals surface area contributed by atoms with E-state index in [4.69, 9.17) is 10.3 Å². The predicted octanol–water partition coefficient (Wildman–Crippen LogP) is 2.99. The minimum atomic E-state index is 0.327. The molecule has 0 atom stereocenters. The maximum Gasteiger partial charge on any atom is 0.230 e. The lowest BCUT2D eigenvalue weighted by Gasteiger charge is -2.01. The van der Waals surface area contributed by atoms with Crippen LogP contribution in [-0.4, -0.2) is 10.1 Å². The van der Waals surface area contributed by atoms with Crippen LogP contribution in [0.4, 0.5) is 5.88 Å². The van der Waals surface area contributed by atoms with Crippen LogP contribution in [-0.2, 0) is 0 Å². The van der Waals surface area contributed by atoms with Crippen LogP contribution in [0.5, 0.6) is 0 Å². The van der Waals surface area contributed by atoms with Gasteiger partial charge in [0, 0.05) is 18.0 Å². The summed E-state index contributed by atoms with van der Waals surface area (Å²) < 4.78 is 5.11. The summed E-state index contributed by atoms with van der Waals surface area (Å²) in [4.78, 5) is 3.99. The van der Waals surface area contributed by atoms with E-state index < -0.39 is 0 Å². The van der Waals surface area contributed by atoms with Crippen molar-refractivity contribution in [1.82, 2.24) is 10.1 Å². The first-order valence-corrected chi connectivity index (χ1v) is 5.57. The summed E-state index contributed by atoms with van der Waals surface area (Å²) in [6.45, 7) is 0. The molecule has 3 aromatic rings. The highest BCUT2D eigenvalue weighted by Gasteiger charge is 2.16. The van der Waals surface area contributed by atoms with Gasteiger partial charge in [0.2, 0.25) is 5.88 Å². The van der Waals surface area contributed by atoms with Crippen LogP contribution in [0.2, 0.25) is 0 Å². The third-order valence-corrected chi connectivity index (χ3v) is 2.73. The maximum absolute atomic E-state index is 5.87. The summed E-state index contributed by atoms with van der Waals surface area (Å²) in [5.41, 5.74) is 9.35. The molecule has 2 heterocycles. The minimum Gasteiger partial charge on any atom is -0.367 e. The summed E-state index contributed by atoms with van der Waals surface area (Å²) >= 11 is 0. The number of benzene rings is 1. The zero-order chi connectivity index (χ0) is 12.4. The van der Waals surface area contributed by atoms with Crippen molar-refractivity contribution >= 4 is 5.88 Å². The van der Waals surface area contributed by atoms with Crippen LogP contribution >= 0.6 is 0 Å². The molecule has 0 aliphatic rings. The Kier molecular flexibility index (Phi) is 2.53. The van der Waals surface area contributed by atoms with Crippen LogP contribution in [0, 0.1) is 0 Å². The van der Waals surface area contributed by atoms with Crippen molar-refractivity contribution in [3.63, 3.8) is 0 Å². The largest absolute Gasteiger partial charge is 0.367 e. The number of nitrogen functional groups attached to an aromatic ring is 1. The third kappa shape index (κ3) is 1.73. The minimum absolute atomic E-state index is 0.327. The zero-order valence-corrected chi connectivity index (χ0v) is 9.58. The molecule has 0 spiro atoms. The van der Waals surface area contributed by atoms with E-state index in [2.05, 4.69) is 10.1 Å². The molecule has 0 aliphatic carbocycles. The Balaban J connectivity index is 2.19. The molecule has 3 rings (SSSR count). The van der Waals surface area contributed by atoms with Gasteiger partial charge in [-0.1, -0.05) is 35.5 Å². The average molecular weight is 237 g/mol. The number of nitrogens with two attached hydrogens (primary N) is 1. The Bertz CT molecular complexity index is 647. The fourth-order valence-electron chi connectivity index (χ4n) is 1.89. The molecule has 0 radical (unpaired) electrons. The van der Waals surface area contributed by atoms with E-state index in [1.807, 2.05) is 42.5 Å². The summed E-state index contributed by atoms with van der Waals surface area (Å²) in [5.74, 6) is 0.327. The molecule has 0 saturated carbocycles. The Labute approximate surface area is 104 Å². The summed E-state index contributed by atoms with van der Waals surface area (Å²) in [6, 6.07) is 13.6. The number of hydrogen-bond acceptors (Lipinski definition) is 4. The SMILES string of the molecule is Nc1onc(-c2ccncc2)c1-c1ccccc1. The lowest BCUT2D eigenvalue weighted by Crippen LogP contribution is -1.87. The van der Waals surface area contributed by atoms with Gasteiger partial charge in [0.05, 0.1) is 5.56 Å². The second-order valence-corrected chi connectivity index (χ2v) is 3.87. The van der Waals surface area contributed by atoms with E-state index in [9.17, 15) is 0 Å². The second kappa shape index (κ2) is 4.33. The van der Waals surface area contributed by atoms with Crippen LogP contribution in [0.15, 0.2) is 59.4 Å². The second-order valence-electron chi connectivity index (χ2n) is 3.87. The first-order chi connectivity index (χ1) is 8.86. The molecule has 2 aromatic heterocycles. The van der Waals surface area contributed by atoms with E-state index in [0.29, 0.717) is 5.88 Å². The van der Waals surface area contributed by atoms with Gasteiger partial charge >= 0.3 is 0 Å². The van der Waals surface area contributed by atoms with Gasteiger partial charge in [-0.2, -0.15) is 0 Å². The fraction of sp³-hybridized carbons (Fsp3) is 0. The molecular formula is C14H11N3O. The Hall–Kier alpha value is -2.62. The highest BCUT2D eigenvalue weighted by molar-refractivity contribution is 5.86. The molecule has 0 fully saturated rings. The summed E-state index contributed by atoms with van der Waals surface area (Å²) in [7, 11) is 0. The Morgan fingerprint density at radius 3 is 2.33 bits per heavy atom. The normalized spacial score (nSPS) is 10.4. The fourth-order valence-corrected chi connectivity index (χ4v) is 1.89. The van der Waals surface area contributed by atoms with Gasteiger partial charge in [0.15, 0.2) is 0 Å². The molecule has 0 bridgehead atoms. The lowest BCUT2D eigenvalue weighted by atomic mass is 10.0. The highest BCUT2D eigenvalue weighted by atomic mass is 16.5. The van der Waals surface area contributed by atoms with E-state index in [1.165, 1.54) is 0 Å². The van der Waals surface area contributed by atoms with Gasteiger partial charge in [-0.3, -0.25) is 4.98 Å². The van der Waals surface area contributed by atoms with Gasteiger partial charge in [0.1, 0.15) is 5.69 Å². The average Bonchev–Trinajstić information content (AvgIpc) is 2.83. The van der Waals surface area contributed by atoms with Crippen molar-refractivity contribution in [2.75, 3.05) is 5.73 Å². The zero-order valence-electron chi connectivity index (χ0n) is 9.58. The van der Waals surface area contributed by atoms with Crippen molar-refractivity contribution in [2.24, 2.45) is 0 Å². The highest BCUT2D eigenvalue weighted by Crippen LogP contribution is 2.35. The number of pyridine rings is 1. The third-order valence-electron chi connectivity index (χ3n) is 2.73. The number of anilines is 1. The maximum atomic E-state index is 5.87. The van der Waals surface area contributed by atoms with E-state index in [1.54, 1.807) is 12.4 Å². The molecule has 1 aromatic carbocycles. The van der Waals surface area contributed by atoms with Crippen molar-refractivity contribution in [3.8, 4) is 22.4 Å². The molecule has 88 valence electrons. The molecule has 18 heavy (non-hydrogen) atoms. The van der Waals surface area contributed by atoms with E-state index in [0.717, 1.165) is 22.4 Å². The lowest BCUT2D eigenvalue weighted by molar-refractivity contribution is 0.439. The monoisotopic (exact) mass is 237 g/mol. The van der Waals surface area contributed by atoms with Crippen molar-refractivity contribution in [3.05, 3.63) is 54.9 Å². The first-order valence-electron chi connectivity index (χ1n) is 5.57. The molecule has 4 heteroatoms. The smallest absolute Gasteiger partial charge is 0.230 e. The molecule has 0 amide bonds. The standard InChI is InChI=1S/C14H11N3O/c15-14-12(10-4-2-1-3-5-10)13(17-18-14)11-6-8-16-9-7-11/h1-9H,15H2. The quantitative estimate of drug-likeness (QED) is 0.744. The van der Waals surface area contributed by atoms with Crippen LogP contribution in [0.1, 0.15) is 0 Å². The van der Waals surface area contributed by atoms with Gasteiger partial charge in [-0.15, -0.1) is 0 Å².